The molecule has 42 heavy (non-hydrogen) atoms. The molecule has 12 heterocycles. The van der Waals surface area contributed by atoms with E-state index in [0.717, 1.165) is 0 Å². The Morgan fingerprint density at radius 1 is 0.214 bits per heavy atom. The van der Waals surface area contributed by atoms with Gasteiger partial charge in [0.1, 0.15) is 0 Å². The van der Waals surface area contributed by atoms with Crippen molar-refractivity contribution < 1.29 is 98.8 Å². The Morgan fingerprint density at radius 3 is 0.524 bits per heavy atom. The largest absolute Gasteiger partial charge is 0.478 e. The Labute approximate surface area is 260 Å². The molecule has 16 bridgehead atoms. The smallest absolute Gasteiger partial charge is 0.378 e. The molecule has 0 aromatic carbocycles. The van der Waals surface area contributed by atoms with Gasteiger partial charge in [-0.15, -0.1) is 0 Å². The summed E-state index contributed by atoms with van der Waals surface area (Å²) < 4.78 is 147. The second kappa shape index (κ2) is 11.5. The lowest BCUT2D eigenvalue weighted by atomic mass is 11.0. The van der Waals surface area contributed by atoms with Gasteiger partial charge >= 0.3 is 151 Å². The van der Waals surface area contributed by atoms with Gasteiger partial charge in [0.25, 0.3) is 0 Å². The molecular weight excluding hydrogens is 857 g/mol. The van der Waals surface area contributed by atoms with Crippen molar-refractivity contribution in [2.45, 2.75) is 12.1 Å². The van der Waals surface area contributed by atoms with Crippen LogP contribution in [0.2, 0.25) is 12.1 Å². The highest BCUT2D eigenvalue weighted by Gasteiger charge is 2.65. The van der Waals surface area contributed by atoms with Crippen molar-refractivity contribution in [1.29, 1.82) is 0 Å². The van der Waals surface area contributed by atoms with Gasteiger partial charge in [0.15, 0.2) is 0 Å². The van der Waals surface area contributed by atoms with Gasteiger partial charge in [-0.1, -0.05) is 0 Å². The van der Waals surface area contributed by atoms with Crippen molar-refractivity contribution in [3.63, 3.8) is 0 Å². The molecule has 12 saturated heterocycles. The van der Waals surface area contributed by atoms with E-state index in [2.05, 4.69) is 0 Å². The summed E-state index contributed by atoms with van der Waals surface area (Å²) in [6.45, 7) is 0. The van der Waals surface area contributed by atoms with Crippen LogP contribution < -0.4 is 0 Å². The zero-order chi connectivity index (χ0) is 27.5. The first kappa shape index (κ1) is 29.4. The normalized spacial score (nSPS) is 59.4. The highest BCUT2D eigenvalue weighted by atomic mass is 28.6. The van der Waals surface area contributed by atoms with Gasteiger partial charge < -0.3 is 98.8 Å². The highest BCUT2D eigenvalue weighted by Crippen LogP contribution is 2.38. The van der Waals surface area contributed by atoms with Gasteiger partial charge in [-0.2, -0.15) is 0 Å². The van der Waals surface area contributed by atoms with Crippen molar-refractivity contribution in [1.82, 2.24) is 0 Å². The minimum atomic E-state index is -3.82. The van der Waals surface area contributed by atoms with E-state index in [9.17, 15) is 0 Å². The lowest BCUT2D eigenvalue weighted by Gasteiger charge is -2.50. The van der Waals surface area contributed by atoms with Gasteiger partial charge in [0.2, 0.25) is 0 Å². The second-order valence-corrected chi connectivity index (χ2v) is 46.1. The summed E-state index contributed by atoms with van der Waals surface area (Å²) in [6, 6.07) is 0.133. The lowest BCUT2D eigenvalue weighted by Crippen LogP contribution is -2.73. The predicted octanol–water partition coefficient (Wildman–Crippen LogP) is -10.6. The molecule has 24 nitrogen and oxygen atoms in total. The summed E-state index contributed by atoms with van der Waals surface area (Å²) in [5.74, 6) is 0. The average molecular weight is 876 g/mol. The Hall–Kier alpha value is 2.51. The molecule has 234 valence electrons. The van der Waals surface area contributed by atoms with Crippen LogP contribution in [0.15, 0.2) is 0 Å². The standard InChI is InChI=1S/C2H18O24Si16/c1(41-21-35-9-29-3-27-4-30(11-35)13-37(23-41)14-31(5-27)12-36(10-29)22-41)2-42-24-38-15-32-6-28-7-33(17-38)19-40(26-42)20-34(8-28)18-39(16-32)25-42/h27-40H,1-2H2. The molecule has 40 heteroatoms. The molecule has 0 atom stereocenters. The molecule has 0 aromatic heterocycles. The molecule has 12 fully saturated rings. The third-order valence-corrected chi connectivity index (χ3v) is 53.9. The quantitative estimate of drug-likeness (QED) is 0.240. The van der Waals surface area contributed by atoms with Crippen molar-refractivity contribution in [3.05, 3.63) is 0 Å². The van der Waals surface area contributed by atoms with Gasteiger partial charge in [-0.3, -0.25) is 0 Å². The van der Waals surface area contributed by atoms with Crippen LogP contribution in [0.25, 0.3) is 0 Å². The summed E-state index contributed by atoms with van der Waals surface area (Å²) in [7, 11) is -48.1. The lowest BCUT2D eigenvalue weighted by molar-refractivity contribution is 0.0222. The van der Waals surface area contributed by atoms with Crippen LogP contribution >= 0.6 is 0 Å². The molecule has 0 radical (unpaired) electrons. The maximum absolute atomic E-state index is 6.46. The number of hydrogen-bond acceptors (Lipinski definition) is 24. The molecule has 0 spiro atoms. The van der Waals surface area contributed by atoms with Crippen LogP contribution in [0.3, 0.4) is 0 Å². The third-order valence-electron chi connectivity index (χ3n) is 6.39. The van der Waals surface area contributed by atoms with Gasteiger partial charge in [-0.05, 0) is 0 Å². The van der Waals surface area contributed by atoms with Crippen LogP contribution in [0.5, 0.6) is 0 Å². The summed E-state index contributed by atoms with van der Waals surface area (Å²) >= 11 is 0. The van der Waals surface area contributed by atoms with E-state index in [1.165, 1.54) is 0 Å². The highest BCUT2D eigenvalue weighted by molar-refractivity contribution is 6.89. The molecule has 0 unspecified atom stereocenters. The van der Waals surface area contributed by atoms with Crippen molar-refractivity contribution in [2.24, 2.45) is 0 Å². The zero-order valence-electron chi connectivity index (χ0n) is 20.3. The summed E-state index contributed by atoms with van der Waals surface area (Å²) in [5.41, 5.74) is 0. The molecule has 0 amide bonds. The second-order valence-electron chi connectivity index (χ2n) is 9.06. The number of hydrogen-bond donors (Lipinski definition) is 0. The van der Waals surface area contributed by atoms with Crippen molar-refractivity contribution in [2.75, 3.05) is 0 Å². The third kappa shape index (κ3) is 5.89. The van der Waals surface area contributed by atoms with Gasteiger partial charge in [-0.25, -0.2) is 0 Å². The Morgan fingerprint density at radius 2 is 0.357 bits per heavy atom. The summed E-state index contributed by atoms with van der Waals surface area (Å²) in [5, 5.41) is 0. The molecular formula is C2H18O24Si16. The van der Waals surface area contributed by atoms with E-state index < -0.39 is 151 Å². The first-order chi connectivity index (χ1) is 20.5. The fourth-order valence-corrected chi connectivity index (χ4v) is 68.0. The SMILES string of the molecule is C(C[Si]12O[SiH]3O[SiH]4O[SiH]5O[SiH](O3)O[SiH](O[SiH](O5)O[SiH](O4)O1)O2)[Si]12O[SiH]3O[SiH]4O[SiH]5O[SiH](O3)O[SiH](O[SiH](O5)O[SiH](O4)O1)O2. The Bertz CT molecular complexity index is 822. The number of rotatable bonds is 3. The first-order valence-corrected chi connectivity index (χ1v) is 36.0. The molecule has 0 aliphatic carbocycles. The molecule has 0 saturated carbocycles. The Kier molecular flexibility index (Phi) is 8.09. The van der Waals surface area contributed by atoms with E-state index in [4.69, 9.17) is 98.8 Å². The first-order valence-electron chi connectivity index (χ1n) is 12.3. The fourth-order valence-electron chi connectivity index (χ4n) is 4.63. The molecule has 0 N–H and O–H groups in total. The molecule has 12 aliphatic rings. The van der Waals surface area contributed by atoms with Crippen LogP contribution in [0.4, 0.5) is 0 Å². The minimum absolute atomic E-state index is 0.0664. The van der Waals surface area contributed by atoms with Gasteiger partial charge in [0.05, 0.1) is 0 Å². The minimum Gasteiger partial charge on any atom is -0.378 e. The molecule has 12 aliphatic heterocycles. The maximum Gasteiger partial charge on any atom is 0.478 e. The molecule has 12 rings (SSSR count). The molecule has 0 aromatic rings. The maximum atomic E-state index is 6.46. The average Bonchev–Trinajstić information content (AvgIpc) is 2.76. The van der Waals surface area contributed by atoms with Crippen LogP contribution in [0.1, 0.15) is 0 Å². The summed E-state index contributed by atoms with van der Waals surface area (Å²) in [6.07, 6.45) is 0. The van der Waals surface area contributed by atoms with Crippen molar-refractivity contribution >= 4 is 151 Å². The van der Waals surface area contributed by atoms with E-state index in [1.54, 1.807) is 0 Å². The fraction of sp³-hybridized carbons (Fsp3) is 1.00. The van der Waals surface area contributed by atoms with Gasteiger partial charge in [0, 0.05) is 12.1 Å². The van der Waals surface area contributed by atoms with Crippen LogP contribution in [-0.2, 0) is 98.8 Å². The monoisotopic (exact) mass is 874 g/mol. The van der Waals surface area contributed by atoms with Crippen LogP contribution in [0, 0.1) is 0 Å². The van der Waals surface area contributed by atoms with E-state index >= 15 is 0 Å². The Balaban J connectivity index is 0.984. The predicted molar refractivity (Wildman–Crippen MR) is 147 cm³/mol. The van der Waals surface area contributed by atoms with Crippen LogP contribution in [-0.4, -0.2) is 151 Å². The van der Waals surface area contributed by atoms with E-state index in [0.29, 0.717) is 0 Å². The van der Waals surface area contributed by atoms with E-state index in [1.807, 2.05) is 0 Å². The van der Waals surface area contributed by atoms with Crippen molar-refractivity contribution in [3.8, 4) is 0 Å². The topological polar surface area (TPSA) is 222 Å². The van der Waals surface area contributed by atoms with E-state index in [-0.39, 0.29) is 12.1 Å². The summed E-state index contributed by atoms with van der Waals surface area (Å²) in [4.78, 5) is 0. The zero-order valence-corrected chi connectivity index (χ0v) is 38.5.